The summed E-state index contributed by atoms with van der Waals surface area (Å²) in [5, 5.41) is 5.67. The molecule has 104 valence electrons. The summed E-state index contributed by atoms with van der Waals surface area (Å²) in [6.07, 6.45) is 0. The molecule has 0 aromatic heterocycles. The SMILES string of the molecule is CCOc1ccc(NC(=O)C2COCCN2)cc1F. The fourth-order valence-electron chi connectivity index (χ4n) is 1.81. The molecule has 2 rings (SSSR count). The Kier molecular flexibility index (Phi) is 4.70. The zero-order valence-electron chi connectivity index (χ0n) is 10.7. The van der Waals surface area contributed by atoms with Crippen LogP contribution in [-0.2, 0) is 9.53 Å². The van der Waals surface area contributed by atoms with Gasteiger partial charge in [0.1, 0.15) is 6.04 Å². The Balaban J connectivity index is 1.98. The van der Waals surface area contributed by atoms with Crippen LogP contribution in [0.15, 0.2) is 18.2 Å². The van der Waals surface area contributed by atoms with Crippen molar-refractivity contribution in [3.05, 3.63) is 24.0 Å². The summed E-state index contributed by atoms with van der Waals surface area (Å²) in [7, 11) is 0. The maximum atomic E-state index is 13.6. The van der Waals surface area contributed by atoms with Crippen LogP contribution in [0.1, 0.15) is 6.92 Å². The van der Waals surface area contributed by atoms with Gasteiger partial charge in [0.15, 0.2) is 11.6 Å². The number of carbonyl (C=O) groups excluding carboxylic acids is 1. The molecule has 0 saturated carbocycles. The molecule has 0 aliphatic carbocycles. The lowest BCUT2D eigenvalue weighted by Crippen LogP contribution is -2.48. The molecule has 0 spiro atoms. The Morgan fingerprint density at radius 1 is 1.63 bits per heavy atom. The summed E-state index contributed by atoms with van der Waals surface area (Å²) in [6.45, 7) is 3.73. The highest BCUT2D eigenvalue weighted by molar-refractivity contribution is 5.95. The number of nitrogens with one attached hydrogen (secondary N) is 2. The third-order valence-corrected chi connectivity index (χ3v) is 2.74. The van der Waals surface area contributed by atoms with Crippen molar-refractivity contribution in [2.24, 2.45) is 0 Å². The van der Waals surface area contributed by atoms with E-state index in [1.165, 1.54) is 12.1 Å². The first-order valence-electron chi connectivity index (χ1n) is 6.25. The number of ether oxygens (including phenoxy) is 2. The molecular weight excluding hydrogens is 251 g/mol. The summed E-state index contributed by atoms with van der Waals surface area (Å²) in [6, 6.07) is 3.95. The lowest BCUT2D eigenvalue weighted by molar-refractivity contribution is -0.120. The summed E-state index contributed by atoms with van der Waals surface area (Å²) >= 11 is 0. The predicted molar refractivity (Wildman–Crippen MR) is 68.8 cm³/mol. The number of amides is 1. The van der Waals surface area contributed by atoms with Crippen LogP contribution in [0.2, 0.25) is 0 Å². The molecule has 1 aromatic carbocycles. The third kappa shape index (κ3) is 3.65. The van der Waals surface area contributed by atoms with Gasteiger partial charge in [0.2, 0.25) is 5.91 Å². The molecule has 1 aliphatic rings. The molecule has 1 amide bonds. The molecule has 5 nitrogen and oxygen atoms in total. The van der Waals surface area contributed by atoms with Crippen LogP contribution in [0.25, 0.3) is 0 Å². The standard InChI is InChI=1S/C13H17FN2O3/c1-2-19-12-4-3-9(7-10(12)14)16-13(17)11-8-18-6-5-15-11/h3-4,7,11,15H,2,5-6,8H2,1H3,(H,16,17). The molecule has 2 N–H and O–H groups in total. The van der Waals surface area contributed by atoms with E-state index in [0.717, 1.165) is 0 Å². The van der Waals surface area contributed by atoms with Gasteiger partial charge in [-0.25, -0.2) is 4.39 Å². The Labute approximate surface area is 111 Å². The smallest absolute Gasteiger partial charge is 0.243 e. The number of benzene rings is 1. The van der Waals surface area contributed by atoms with E-state index in [1.807, 2.05) is 0 Å². The highest BCUT2D eigenvalue weighted by Gasteiger charge is 2.21. The van der Waals surface area contributed by atoms with Gasteiger partial charge in [0, 0.05) is 18.3 Å². The zero-order chi connectivity index (χ0) is 13.7. The molecular formula is C13H17FN2O3. The molecule has 1 aliphatic heterocycles. The molecule has 0 bridgehead atoms. The normalized spacial score (nSPS) is 18.9. The maximum absolute atomic E-state index is 13.6. The molecule has 6 heteroatoms. The van der Waals surface area contributed by atoms with E-state index in [0.29, 0.717) is 32.1 Å². The van der Waals surface area contributed by atoms with Crippen LogP contribution in [-0.4, -0.2) is 38.3 Å². The number of hydrogen-bond acceptors (Lipinski definition) is 4. The topological polar surface area (TPSA) is 59.6 Å². The second-order valence-electron chi connectivity index (χ2n) is 4.15. The second-order valence-corrected chi connectivity index (χ2v) is 4.15. The largest absolute Gasteiger partial charge is 0.491 e. The van der Waals surface area contributed by atoms with Crippen LogP contribution in [0.4, 0.5) is 10.1 Å². The first-order valence-corrected chi connectivity index (χ1v) is 6.25. The van der Waals surface area contributed by atoms with Crippen LogP contribution in [0, 0.1) is 5.82 Å². The zero-order valence-corrected chi connectivity index (χ0v) is 10.7. The van der Waals surface area contributed by atoms with E-state index in [9.17, 15) is 9.18 Å². The van der Waals surface area contributed by atoms with Crippen molar-refractivity contribution >= 4 is 11.6 Å². The van der Waals surface area contributed by atoms with Gasteiger partial charge in [0.25, 0.3) is 0 Å². The van der Waals surface area contributed by atoms with Gasteiger partial charge >= 0.3 is 0 Å². The minimum absolute atomic E-state index is 0.180. The van der Waals surface area contributed by atoms with Gasteiger partial charge < -0.3 is 20.1 Å². The van der Waals surface area contributed by atoms with Crippen LogP contribution < -0.4 is 15.4 Å². The number of carbonyl (C=O) groups is 1. The van der Waals surface area contributed by atoms with E-state index >= 15 is 0 Å². The van der Waals surface area contributed by atoms with Crippen molar-refractivity contribution in [1.82, 2.24) is 5.32 Å². The van der Waals surface area contributed by atoms with Crippen molar-refractivity contribution in [2.45, 2.75) is 13.0 Å². The lowest BCUT2D eigenvalue weighted by atomic mass is 10.2. The first-order chi connectivity index (χ1) is 9.20. The van der Waals surface area contributed by atoms with E-state index in [-0.39, 0.29) is 11.7 Å². The summed E-state index contributed by atoms with van der Waals surface area (Å²) in [5.41, 5.74) is 0.401. The van der Waals surface area contributed by atoms with E-state index in [4.69, 9.17) is 9.47 Å². The van der Waals surface area contributed by atoms with E-state index < -0.39 is 11.9 Å². The average molecular weight is 268 g/mol. The second kappa shape index (κ2) is 6.49. The summed E-state index contributed by atoms with van der Waals surface area (Å²) < 4.78 is 23.9. The predicted octanol–water partition coefficient (Wildman–Crippen LogP) is 1.15. The molecule has 1 atom stereocenters. The number of rotatable bonds is 4. The Bertz CT molecular complexity index is 448. The van der Waals surface area contributed by atoms with Crippen LogP contribution >= 0.6 is 0 Å². The third-order valence-electron chi connectivity index (χ3n) is 2.74. The van der Waals surface area contributed by atoms with E-state index in [2.05, 4.69) is 10.6 Å². The average Bonchev–Trinajstić information content (AvgIpc) is 2.43. The molecule has 1 aromatic rings. The molecule has 1 fully saturated rings. The van der Waals surface area contributed by atoms with Crippen molar-refractivity contribution in [3.63, 3.8) is 0 Å². The van der Waals surface area contributed by atoms with Crippen molar-refractivity contribution in [3.8, 4) is 5.75 Å². The Hall–Kier alpha value is -1.66. The highest BCUT2D eigenvalue weighted by Crippen LogP contribution is 2.21. The monoisotopic (exact) mass is 268 g/mol. The minimum atomic E-state index is -0.493. The molecule has 1 unspecified atom stereocenters. The number of hydrogen-bond donors (Lipinski definition) is 2. The molecule has 0 radical (unpaired) electrons. The van der Waals surface area contributed by atoms with Crippen LogP contribution in [0.5, 0.6) is 5.75 Å². The summed E-state index contributed by atoms with van der Waals surface area (Å²) in [5.74, 6) is -0.546. The Morgan fingerprint density at radius 3 is 3.11 bits per heavy atom. The minimum Gasteiger partial charge on any atom is -0.491 e. The first kappa shape index (κ1) is 13.8. The van der Waals surface area contributed by atoms with Gasteiger partial charge in [-0.15, -0.1) is 0 Å². The lowest BCUT2D eigenvalue weighted by Gasteiger charge is -2.22. The quantitative estimate of drug-likeness (QED) is 0.860. The number of halogens is 1. The van der Waals surface area contributed by atoms with Gasteiger partial charge in [-0.1, -0.05) is 0 Å². The highest BCUT2D eigenvalue weighted by atomic mass is 19.1. The fourth-order valence-corrected chi connectivity index (χ4v) is 1.81. The maximum Gasteiger partial charge on any atom is 0.243 e. The van der Waals surface area contributed by atoms with Gasteiger partial charge in [-0.05, 0) is 19.1 Å². The summed E-state index contributed by atoms with van der Waals surface area (Å²) in [4.78, 5) is 11.9. The van der Waals surface area contributed by atoms with Gasteiger partial charge in [-0.2, -0.15) is 0 Å². The van der Waals surface area contributed by atoms with Crippen LogP contribution in [0.3, 0.4) is 0 Å². The Morgan fingerprint density at radius 2 is 2.47 bits per heavy atom. The van der Waals surface area contributed by atoms with Crippen molar-refractivity contribution in [2.75, 3.05) is 31.7 Å². The van der Waals surface area contributed by atoms with Crippen molar-refractivity contribution < 1.29 is 18.7 Å². The fraction of sp³-hybridized carbons (Fsp3) is 0.462. The molecule has 1 heterocycles. The van der Waals surface area contributed by atoms with E-state index in [1.54, 1.807) is 13.0 Å². The van der Waals surface area contributed by atoms with Crippen molar-refractivity contribution in [1.29, 1.82) is 0 Å². The van der Waals surface area contributed by atoms with Gasteiger partial charge in [0.05, 0.1) is 19.8 Å². The molecule has 1 saturated heterocycles. The number of anilines is 1. The molecule has 19 heavy (non-hydrogen) atoms. The van der Waals surface area contributed by atoms with Gasteiger partial charge in [-0.3, -0.25) is 4.79 Å². The number of morpholine rings is 1.